The van der Waals surface area contributed by atoms with Crippen LogP contribution in [0.4, 0.5) is 13.2 Å². The quantitative estimate of drug-likeness (QED) is 0.615. The molecule has 10 heteroatoms. The zero-order chi connectivity index (χ0) is 21.9. The largest absolute Gasteiger partial charge is 0.461 e. The number of carbonyl (C=O) groups is 1. The van der Waals surface area contributed by atoms with Crippen molar-refractivity contribution in [3.8, 4) is 0 Å². The van der Waals surface area contributed by atoms with Crippen molar-refractivity contribution < 1.29 is 31.1 Å². The molecule has 1 aliphatic heterocycles. The van der Waals surface area contributed by atoms with E-state index in [0.29, 0.717) is 11.1 Å². The van der Waals surface area contributed by atoms with E-state index in [-0.39, 0.29) is 32.5 Å². The van der Waals surface area contributed by atoms with Gasteiger partial charge in [-0.3, -0.25) is 4.79 Å². The van der Waals surface area contributed by atoms with Gasteiger partial charge in [0.2, 0.25) is 10.0 Å². The van der Waals surface area contributed by atoms with E-state index in [4.69, 9.17) is 16.3 Å². The van der Waals surface area contributed by atoms with E-state index in [1.165, 1.54) is 0 Å². The fourth-order valence-corrected chi connectivity index (χ4v) is 4.94. The Kier molecular flexibility index (Phi) is 6.74. The van der Waals surface area contributed by atoms with Gasteiger partial charge in [0.05, 0.1) is 16.4 Å². The van der Waals surface area contributed by atoms with Gasteiger partial charge in [-0.15, -0.1) is 0 Å². The zero-order valence-corrected chi connectivity index (χ0v) is 17.3. The normalized spacial score (nSPS) is 16.4. The SMILES string of the molecule is O=C(OCc1cccc(Cl)c1)C1CCN(S(=O)(=O)c2cccc(C(F)(F)F)c2)CC1. The number of halogens is 4. The Morgan fingerprint density at radius 2 is 1.77 bits per heavy atom. The molecule has 0 bridgehead atoms. The van der Waals surface area contributed by atoms with E-state index in [0.717, 1.165) is 28.1 Å². The maximum atomic E-state index is 12.9. The number of ether oxygens (including phenoxy) is 1. The first-order valence-corrected chi connectivity index (χ1v) is 11.0. The number of carbonyl (C=O) groups excluding carboxylic acids is 1. The molecule has 0 aliphatic carbocycles. The van der Waals surface area contributed by atoms with Gasteiger partial charge in [0, 0.05) is 18.1 Å². The summed E-state index contributed by atoms with van der Waals surface area (Å²) in [5.74, 6) is -0.914. The average molecular weight is 462 g/mol. The molecule has 0 spiro atoms. The van der Waals surface area contributed by atoms with Crippen molar-refractivity contribution in [2.45, 2.75) is 30.5 Å². The molecule has 0 unspecified atom stereocenters. The summed E-state index contributed by atoms with van der Waals surface area (Å²) in [6, 6.07) is 10.5. The number of alkyl halides is 3. The lowest BCUT2D eigenvalue weighted by Crippen LogP contribution is -2.40. The van der Waals surface area contributed by atoms with E-state index < -0.39 is 38.5 Å². The van der Waals surface area contributed by atoms with Crippen molar-refractivity contribution in [2.24, 2.45) is 5.92 Å². The fraction of sp³-hybridized carbons (Fsp3) is 0.350. The van der Waals surface area contributed by atoms with Crippen LogP contribution in [0.25, 0.3) is 0 Å². The molecular formula is C20H19ClF3NO4S. The first-order chi connectivity index (χ1) is 14.1. The Hall–Kier alpha value is -2.10. The summed E-state index contributed by atoms with van der Waals surface area (Å²) in [6.45, 7) is 0.104. The first kappa shape index (κ1) is 22.6. The predicted molar refractivity (Wildman–Crippen MR) is 104 cm³/mol. The van der Waals surface area contributed by atoms with E-state index in [9.17, 15) is 26.4 Å². The summed E-state index contributed by atoms with van der Waals surface area (Å²) in [4.78, 5) is 11.9. The number of rotatable bonds is 5. The second kappa shape index (κ2) is 8.95. The number of hydrogen-bond donors (Lipinski definition) is 0. The van der Waals surface area contributed by atoms with Gasteiger partial charge in [-0.05, 0) is 48.7 Å². The molecule has 1 heterocycles. The zero-order valence-electron chi connectivity index (χ0n) is 15.7. The highest BCUT2D eigenvalue weighted by atomic mass is 35.5. The van der Waals surface area contributed by atoms with Crippen molar-refractivity contribution in [2.75, 3.05) is 13.1 Å². The Balaban J connectivity index is 1.60. The predicted octanol–water partition coefficient (Wildman–Crippen LogP) is 4.50. The standard InChI is InChI=1S/C20H19ClF3NO4S/c21-17-5-1-3-14(11-17)13-29-19(26)15-7-9-25(10-8-15)30(27,28)18-6-2-4-16(12-18)20(22,23)24/h1-6,11-12,15H,7-10,13H2. The Labute approximate surface area is 177 Å². The van der Waals surface area contributed by atoms with Crippen LogP contribution in [-0.2, 0) is 32.3 Å². The molecule has 0 radical (unpaired) electrons. The average Bonchev–Trinajstić information content (AvgIpc) is 2.71. The molecular weight excluding hydrogens is 443 g/mol. The number of piperidine rings is 1. The van der Waals surface area contributed by atoms with Gasteiger partial charge in [-0.1, -0.05) is 29.8 Å². The van der Waals surface area contributed by atoms with Crippen molar-refractivity contribution in [1.82, 2.24) is 4.31 Å². The van der Waals surface area contributed by atoms with Crippen LogP contribution in [0.3, 0.4) is 0 Å². The number of hydrogen-bond acceptors (Lipinski definition) is 4. The molecule has 0 N–H and O–H groups in total. The minimum atomic E-state index is -4.63. The lowest BCUT2D eigenvalue weighted by Gasteiger charge is -2.30. The lowest BCUT2D eigenvalue weighted by atomic mass is 9.98. The third kappa shape index (κ3) is 5.33. The van der Waals surface area contributed by atoms with E-state index in [2.05, 4.69) is 0 Å². The fourth-order valence-electron chi connectivity index (χ4n) is 3.21. The molecule has 0 aromatic heterocycles. The molecule has 0 atom stereocenters. The van der Waals surface area contributed by atoms with Crippen LogP contribution in [-0.4, -0.2) is 31.8 Å². The van der Waals surface area contributed by atoms with Crippen LogP contribution in [0.1, 0.15) is 24.0 Å². The van der Waals surface area contributed by atoms with Crippen molar-refractivity contribution in [1.29, 1.82) is 0 Å². The van der Waals surface area contributed by atoms with Gasteiger partial charge >= 0.3 is 12.1 Å². The van der Waals surface area contributed by atoms with Crippen LogP contribution < -0.4 is 0 Å². The molecule has 2 aromatic rings. The molecule has 5 nitrogen and oxygen atoms in total. The number of sulfonamides is 1. The number of benzene rings is 2. The topological polar surface area (TPSA) is 63.7 Å². The van der Waals surface area contributed by atoms with Gasteiger partial charge < -0.3 is 4.74 Å². The van der Waals surface area contributed by atoms with Crippen molar-refractivity contribution in [3.63, 3.8) is 0 Å². The van der Waals surface area contributed by atoms with E-state index in [1.807, 2.05) is 0 Å². The molecule has 0 amide bonds. The van der Waals surface area contributed by atoms with Crippen molar-refractivity contribution in [3.05, 3.63) is 64.7 Å². The maximum Gasteiger partial charge on any atom is 0.416 e. The summed E-state index contributed by atoms with van der Waals surface area (Å²) in [7, 11) is -4.09. The smallest absolute Gasteiger partial charge is 0.416 e. The monoisotopic (exact) mass is 461 g/mol. The van der Waals surface area contributed by atoms with Gasteiger partial charge in [0.1, 0.15) is 6.61 Å². The molecule has 30 heavy (non-hydrogen) atoms. The third-order valence-electron chi connectivity index (χ3n) is 4.86. The van der Waals surface area contributed by atoms with Crippen LogP contribution in [0.15, 0.2) is 53.4 Å². The highest BCUT2D eigenvalue weighted by Gasteiger charge is 2.35. The van der Waals surface area contributed by atoms with Crippen LogP contribution in [0, 0.1) is 5.92 Å². The highest BCUT2D eigenvalue weighted by molar-refractivity contribution is 7.89. The van der Waals surface area contributed by atoms with E-state index in [1.54, 1.807) is 24.3 Å². The van der Waals surface area contributed by atoms with Gasteiger partial charge in [0.25, 0.3) is 0 Å². The Morgan fingerprint density at radius 1 is 1.10 bits per heavy atom. The summed E-state index contributed by atoms with van der Waals surface area (Å²) in [6.07, 6.45) is -4.18. The second-order valence-corrected chi connectivity index (χ2v) is 9.32. The van der Waals surface area contributed by atoms with Crippen molar-refractivity contribution >= 4 is 27.6 Å². The van der Waals surface area contributed by atoms with Gasteiger partial charge in [-0.25, -0.2) is 8.42 Å². The molecule has 1 fully saturated rings. The Morgan fingerprint density at radius 3 is 2.40 bits per heavy atom. The third-order valence-corrected chi connectivity index (χ3v) is 6.99. The minimum absolute atomic E-state index is 0.0233. The Bertz CT molecular complexity index is 1020. The van der Waals surface area contributed by atoms with E-state index >= 15 is 0 Å². The first-order valence-electron chi connectivity index (χ1n) is 9.16. The molecule has 1 saturated heterocycles. The summed E-state index contributed by atoms with van der Waals surface area (Å²) in [5.41, 5.74) is -0.288. The highest BCUT2D eigenvalue weighted by Crippen LogP contribution is 2.32. The van der Waals surface area contributed by atoms with Crippen LogP contribution in [0.2, 0.25) is 5.02 Å². The van der Waals surface area contributed by atoms with Crippen LogP contribution >= 0.6 is 11.6 Å². The molecule has 3 rings (SSSR count). The second-order valence-electron chi connectivity index (χ2n) is 6.94. The summed E-state index contributed by atoms with van der Waals surface area (Å²) >= 11 is 5.89. The minimum Gasteiger partial charge on any atom is -0.461 e. The number of esters is 1. The molecule has 0 saturated carbocycles. The number of nitrogens with zero attached hydrogens (tertiary/aromatic N) is 1. The van der Waals surface area contributed by atoms with Gasteiger partial charge in [0.15, 0.2) is 0 Å². The lowest BCUT2D eigenvalue weighted by molar-refractivity contribution is -0.151. The summed E-state index contributed by atoms with van der Waals surface area (Å²) < 4.78 is 70.5. The molecule has 2 aromatic carbocycles. The molecule has 162 valence electrons. The van der Waals surface area contributed by atoms with Crippen LogP contribution in [0.5, 0.6) is 0 Å². The maximum absolute atomic E-state index is 12.9. The van der Waals surface area contributed by atoms with Gasteiger partial charge in [-0.2, -0.15) is 17.5 Å². The molecule has 1 aliphatic rings. The summed E-state index contributed by atoms with van der Waals surface area (Å²) in [5, 5.41) is 0.525.